The summed E-state index contributed by atoms with van der Waals surface area (Å²) in [5, 5.41) is 13.2. The standard InChI is InChI=1S/C35H46ClN5O7/c1-33(2,3)28(39-29(43)23-16-34(23)10-12-47-13-11-34)32(46)41-19-35(17-25(40-48-35)21-6-5-7-22(36)15-21)18-26(41)30(44)38-24(14-20-8-9-20)27(42)31(45)37-4/h5-7,15,20,23-24,26,28H,8-14,16-19H2,1-4H3,(H,37,45)(H,38,44)(H,39,43)/t23?,24-,26-,28+,35+/m0/s1. The van der Waals surface area contributed by atoms with Crippen molar-refractivity contribution in [2.24, 2.45) is 27.8 Å². The zero-order chi connectivity index (χ0) is 34.4. The number of ketones is 1. The van der Waals surface area contributed by atoms with Crippen molar-refractivity contribution >= 4 is 46.7 Å². The number of hydrogen-bond donors (Lipinski definition) is 3. The number of amides is 4. The number of hydrogen-bond acceptors (Lipinski definition) is 8. The lowest BCUT2D eigenvalue weighted by atomic mass is 9.85. The first-order valence-electron chi connectivity index (χ1n) is 17.0. The van der Waals surface area contributed by atoms with Crippen molar-refractivity contribution in [1.29, 1.82) is 0 Å². The number of nitrogens with zero attached hydrogens (tertiary/aromatic N) is 2. The van der Waals surface area contributed by atoms with Crippen LogP contribution >= 0.6 is 11.6 Å². The molecule has 0 bridgehead atoms. The van der Waals surface area contributed by atoms with E-state index in [-0.39, 0.29) is 36.1 Å². The third-order valence-corrected chi connectivity index (χ3v) is 11.0. The Balaban J connectivity index is 1.25. The molecule has 2 saturated carbocycles. The molecule has 1 aromatic rings. The first kappa shape index (κ1) is 34.4. The molecule has 4 amide bonds. The molecule has 0 aromatic heterocycles. The molecule has 1 aromatic carbocycles. The minimum atomic E-state index is -1.03. The van der Waals surface area contributed by atoms with Crippen LogP contribution in [-0.2, 0) is 33.5 Å². The molecule has 5 aliphatic rings. The zero-order valence-electron chi connectivity index (χ0n) is 28.1. The summed E-state index contributed by atoms with van der Waals surface area (Å²) in [5.41, 5.74) is -0.362. The van der Waals surface area contributed by atoms with Crippen molar-refractivity contribution in [3.05, 3.63) is 34.9 Å². The Morgan fingerprint density at radius 1 is 1.06 bits per heavy atom. The Labute approximate surface area is 286 Å². The lowest BCUT2D eigenvalue weighted by Crippen LogP contribution is -2.59. The van der Waals surface area contributed by atoms with E-state index in [0.29, 0.717) is 36.8 Å². The van der Waals surface area contributed by atoms with E-state index in [0.717, 1.165) is 37.7 Å². The number of carbonyl (C=O) groups is 5. The van der Waals surface area contributed by atoms with Crippen LogP contribution in [0, 0.1) is 22.7 Å². The predicted octanol–water partition coefficient (Wildman–Crippen LogP) is 2.75. The second kappa shape index (κ2) is 13.1. The van der Waals surface area contributed by atoms with Gasteiger partial charge in [0.05, 0.1) is 18.3 Å². The van der Waals surface area contributed by atoms with Gasteiger partial charge in [-0.3, -0.25) is 24.0 Å². The highest BCUT2D eigenvalue weighted by atomic mass is 35.5. The van der Waals surface area contributed by atoms with Crippen molar-refractivity contribution in [2.75, 3.05) is 26.8 Å². The average molecular weight is 684 g/mol. The van der Waals surface area contributed by atoms with E-state index in [4.69, 9.17) is 21.2 Å². The fraction of sp³-hybridized carbons (Fsp3) is 0.657. The van der Waals surface area contributed by atoms with E-state index in [2.05, 4.69) is 21.1 Å². The van der Waals surface area contributed by atoms with Crippen LogP contribution in [-0.4, -0.2) is 90.6 Å². The molecule has 3 aliphatic heterocycles. The highest BCUT2D eigenvalue weighted by molar-refractivity contribution is 6.38. The Hall–Kier alpha value is -3.51. The number of halogens is 1. The van der Waals surface area contributed by atoms with E-state index in [1.54, 1.807) is 12.1 Å². The molecule has 5 atom stereocenters. The van der Waals surface area contributed by atoms with Gasteiger partial charge in [-0.1, -0.05) is 62.5 Å². The molecule has 0 radical (unpaired) electrons. The van der Waals surface area contributed by atoms with Gasteiger partial charge in [0.25, 0.3) is 5.91 Å². The molecule has 2 spiro atoms. The fourth-order valence-corrected chi connectivity index (χ4v) is 7.72. The third kappa shape index (κ3) is 7.10. The molecule has 2 saturated heterocycles. The summed E-state index contributed by atoms with van der Waals surface area (Å²) in [6.07, 6.45) is 5.02. The zero-order valence-corrected chi connectivity index (χ0v) is 28.9. The minimum absolute atomic E-state index is 0.0430. The Morgan fingerprint density at radius 3 is 2.44 bits per heavy atom. The van der Waals surface area contributed by atoms with E-state index >= 15 is 0 Å². The summed E-state index contributed by atoms with van der Waals surface area (Å²) in [6, 6.07) is 4.24. The Morgan fingerprint density at radius 2 is 1.79 bits per heavy atom. The number of ether oxygens (including phenoxy) is 1. The number of carbonyl (C=O) groups excluding carboxylic acids is 5. The van der Waals surface area contributed by atoms with Gasteiger partial charge >= 0.3 is 0 Å². The lowest BCUT2D eigenvalue weighted by molar-refractivity contribution is -0.145. The number of likely N-dealkylation sites (N-methyl/N-ethyl adjacent to an activating group) is 1. The summed E-state index contributed by atoms with van der Waals surface area (Å²) in [6.45, 7) is 6.94. The minimum Gasteiger partial charge on any atom is -0.387 e. The van der Waals surface area contributed by atoms with Gasteiger partial charge in [0.1, 0.15) is 12.1 Å². The van der Waals surface area contributed by atoms with Crippen LogP contribution in [0.15, 0.2) is 29.4 Å². The fourth-order valence-electron chi connectivity index (χ4n) is 7.53. The van der Waals surface area contributed by atoms with Gasteiger partial charge in [-0.2, -0.15) is 0 Å². The molecule has 13 heteroatoms. The molecule has 3 N–H and O–H groups in total. The van der Waals surface area contributed by atoms with Crippen LogP contribution in [0.4, 0.5) is 0 Å². The topological polar surface area (TPSA) is 156 Å². The molecule has 3 heterocycles. The summed E-state index contributed by atoms with van der Waals surface area (Å²) in [4.78, 5) is 75.3. The summed E-state index contributed by atoms with van der Waals surface area (Å²) < 4.78 is 5.52. The number of rotatable bonds is 10. The molecule has 6 rings (SSSR count). The predicted molar refractivity (Wildman–Crippen MR) is 177 cm³/mol. The average Bonchev–Trinajstić information content (AvgIpc) is 3.92. The monoisotopic (exact) mass is 683 g/mol. The van der Waals surface area contributed by atoms with E-state index in [9.17, 15) is 24.0 Å². The second-order valence-corrected chi connectivity index (χ2v) is 15.8. The molecule has 260 valence electrons. The van der Waals surface area contributed by atoms with Crippen molar-refractivity contribution in [3.8, 4) is 0 Å². The number of likely N-dealkylation sites (tertiary alicyclic amines) is 1. The van der Waals surface area contributed by atoms with Gasteiger partial charge in [-0.05, 0) is 54.6 Å². The maximum absolute atomic E-state index is 14.6. The molecule has 12 nitrogen and oxygen atoms in total. The van der Waals surface area contributed by atoms with E-state index in [1.807, 2.05) is 32.9 Å². The van der Waals surface area contributed by atoms with Crippen LogP contribution in [0.1, 0.15) is 77.7 Å². The maximum atomic E-state index is 14.6. The molecular formula is C35H46ClN5O7. The Kier molecular flexibility index (Phi) is 9.36. The molecule has 48 heavy (non-hydrogen) atoms. The highest BCUT2D eigenvalue weighted by Gasteiger charge is 2.60. The molecule has 1 unspecified atom stereocenters. The molecule has 2 aliphatic carbocycles. The maximum Gasteiger partial charge on any atom is 0.289 e. The van der Waals surface area contributed by atoms with Gasteiger partial charge in [0.15, 0.2) is 5.60 Å². The highest BCUT2D eigenvalue weighted by Crippen LogP contribution is 2.59. The second-order valence-electron chi connectivity index (χ2n) is 15.4. The van der Waals surface area contributed by atoms with Gasteiger partial charge in [0, 0.05) is 49.6 Å². The number of oxime groups is 1. The quantitative estimate of drug-likeness (QED) is 0.321. The van der Waals surface area contributed by atoms with Crippen LogP contribution in [0.5, 0.6) is 0 Å². The van der Waals surface area contributed by atoms with Gasteiger partial charge in [0.2, 0.25) is 23.5 Å². The van der Waals surface area contributed by atoms with Gasteiger partial charge in [-0.15, -0.1) is 0 Å². The Bertz CT molecular complexity index is 1510. The van der Waals surface area contributed by atoms with Crippen LogP contribution in [0.3, 0.4) is 0 Å². The van der Waals surface area contributed by atoms with E-state index < -0.39 is 52.6 Å². The number of Topliss-reactive ketones (excluding diaryl/α,β-unsaturated/α-hetero) is 1. The molecular weight excluding hydrogens is 638 g/mol. The van der Waals surface area contributed by atoms with Crippen LogP contribution < -0.4 is 16.0 Å². The molecule has 4 fully saturated rings. The smallest absolute Gasteiger partial charge is 0.289 e. The van der Waals surface area contributed by atoms with Crippen molar-refractivity contribution in [2.45, 2.75) is 95.9 Å². The SMILES string of the molecule is CNC(=O)C(=O)[C@H](CC1CC1)NC(=O)[C@@H]1C[C@]2(CC(c3cccc(Cl)c3)=NO2)CN1C(=O)[C@@H](NC(=O)C1CC12CCOCC2)C(C)(C)C. The van der Waals surface area contributed by atoms with Crippen molar-refractivity contribution < 1.29 is 33.5 Å². The third-order valence-electron chi connectivity index (χ3n) is 10.7. The number of benzene rings is 1. The van der Waals surface area contributed by atoms with Crippen LogP contribution in [0.2, 0.25) is 5.02 Å². The van der Waals surface area contributed by atoms with Crippen LogP contribution in [0.25, 0.3) is 0 Å². The summed E-state index contributed by atoms with van der Waals surface area (Å²) >= 11 is 6.25. The van der Waals surface area contributed by atoms with Gasteiger partial charge in [-0.25, -0.2) is 0 Å². The van der Waals surface area contributed by atoms with Crippen molar-refractivity contribution in [1.82, 2.24) is 20.9 Å². The van der Waals surface area contributed by atoms with Crippen molar-refractivity contribution in [3.63, 3.8) is 0 Å². The first-order chi connectivity index (χ1) is 22.7. The van der Waals surface area contributed by atoms with E-state index in [1.165, 1.54) is 11.9 Å². The summed E-state index contributed by atoms with van der Waals surface area (Å²) in [7, 11) is 1.37. The van der Waals surface area contributed by atoms with Gasteiger partial charge < -0.3 is 30.4 Å². The summed E-state index contributed by atoms with van der Waals surface area (Å²) in [5.74, 6) is -2.58. The lowest BCUT2D eigenvalue weighted by Gasteiger charge is -2.36. The normalized spacial score (nSPS) is 27.1. The largest absolute Gasteiger partial charge is 0.387 e. The number of nitrogens with one attached hydrogen (secondary N) is 3. The first-order valence-corrected chi connectivity index (χ1v) is 17.4.